The quantitative estimate of drug-likeness (QED) is 0.864. The molecule has 2 aromatic rings. The highest BCUT2D eigenvalue weighted by molar-refractivity contribution is 5.86. The van der Waals surface area contributed by atoms with Crippen molar-refractivity contribution in [2.45, 2.75) is 37.6 Å². The molecule has 2 fully saturated rings. The average Bonchev–Trinajstić information content (AvgIpc) is 3.50. The van der Waals surface area contributed by atoms with Gasteiger partial charge in [0.2, 0.25) is 5.91 Å². The van der Waals surface area contributed by atoms with E-state index < -0.39 is 5.97 Å². The Bertz CT molecular complexity index is 881. The molecule has 1 amide bonds. The number of carbonyl (C=O) groups is 2. The van der Waals surface area contributed by atoms with E-state index in [0.717, 1.165) is 38.8 Å². The fourth-order valence-corrected chi connectivity index (χ4v) is 4.59. The fraction of sp³-hybridized carbons (Fsp3) is 0.478. The van der Waals surface area contributed by atoms with Crippen molar-refractivity contribution < 1.29 is 14.7 Å². The zero-order valence-electron chi connectivity index (χ0n) is 16.4. The summed E-state index contributed by atoms with van der Waals surface area (Å²) in [5.41, 5.74) is 1.27. The largest absolute Gasteiger partial charge is 0.480 e. The molecule has 3 unspecified atom stereocenters. The normalized spacial score (nSPS) is 24.9. The van der Waals surface area contributed by atoms with Gasteiger partial charge in [-0.25, -0.2) is 0 Å². The number of carboxylic acid groups (broad SMARTS) is 1. The van der Waals surface area contributed by atoms with Gasteiger partial charge in [-0.15, -0.1) is 0 Å². The molecule has 1 aliphatic carbocycles. The molecule has 1 heterocycles. The molecule has 148 valence electrons. The highest BCUT2D eigenvalue weighted by atomic mass is 16.4. The van der Waals surface area contributed by atoms with Crippen LogP contribution in [0.3, 0.4) is 0 Å². The summed E-state index contributed by atoms with van der Waals surface area (Å²) in [6.07, 6.45) is 3.68. The van der Waals surface area contributed by atoms with Crippen molar-refractivity contribution in [2.75, 3.05) is 26.7 Å². The number of hydrogen-bond donors (Lipinski definition) is 1. The van der Waals surface area contributed by atoms with Crippen LogP contribution < -0.4 is 0 Å². The number of likely N-dealkylation sites (tertiary alicyclic amines) is 1. The number of amides is 1. The molecule has 5 nitrogen and oxygen atoms in total. The van der Waals surface area contributed by atoms with E-state index in [2.05, 4.69) is 36.4 Å². The van der Waals surface area contributed by atoms with Crippen LogP contribution in [0.4, 0.5) is 0 Å². The molecule has 28 heavy (non-hydrogen) atoms. The lowest BCUT2D eigenvalue weighted by Crippen LogP contribution is -2.37. The maximum absolute atomic E-state index is 13.0. The Morgan fingerprint density at radius 1 is 1.11 bits per heavy atom. The smallest absolute Gasteiger partial charge is 0.317 e. The number of benzene rings is 2. The molecule has 3 atom stereocenters. The molecule has 4 rings (SSSR count). The van der Waals surface area contributed by atoms with E-state index in [9.17, 15) is 9.59 Å². The topological polar surface area (TPSA) is 60.9 Å². The van der Waals surface area contributed by atoms with Gasteiger partial charge in [-0.05, 0) is 55.0 Å². The first-order chi connectivity index (χ1) is 13.5. The van der Waals surface area contributed by atoms with Crippen LogP contribution in [0.1, 0.15) is 37.2 Å². The second kappa shape index (κ2) is 7.92. The number of aliphatic carboxylic acids is 1. The standard InChI is InChI=1S/C23H28N2O3/c1-24(15-22(26)27)19-7-4-11-25(12-10-19)23(28)21-14-20(21)18-9-8-16-5-2-3-6-17(16)13-18/h2-3,5-6,8-9,13,19-21H,4,7,10-12,14-15H2,1H3,(H,26,27). The molecular formula is C23H28N2O3. The van der Waals surface area contributed by atoms with Crippen molar-refractivity contribution in [3.8, 4) is 0 Å². The lowest BCUT2D eigenvalue weighted by molar-refractivity contribution is -0.138. The minimum Gasteiger partial charge on any atom is -0.480 e. The van der Waals surface area contributed by atoms with Crippen LogP contribution in [-0.4, -0.2) is 59.5 Å². The third kappa shape index (κ3) is 4.04. The SMILES string of the molecule is CN(CC(=O)O)C1CCCN(C(=O)C2CC2c2ccc3ccccc3c2)CC1. The molecule has 1 N–H and O–H groups in total. The maximum atomic E-state index is 13.0. The van der Waals surface area contributed by atoms with E-state index >= 15 is 0 Å². The van der Waals surface area contributed by atoms with Crippen LogP contribution in [0.25, 0.3) is 10.8 Å². The minimum absolute atomic E-state index is 0.0608. The lowest BCUT2D eigenvalue weighted by atomic mass is 10.0. The number of hydrogen-bond acceptors (Lipinski definition) is 3. The Kier molecular flexibility index (Phi) is 5.36. The fourth-order valence-electron chi connectivity index (χ4n) is 4.59. The van der Waals surface area contributed by atoms with Crippen molar-refractivity contribution in [3.63, 3.8) is 0 Å². The predicted molar refractivity (Wildman–Crippen MR) is 109 cm³/mol. The summed E-state index contributed by atoms with van der Waals surface area (Å²) in [6.45, 7) is 1.58. The van der Waals surface area contributed by atoms with E-state index in [1.165, 1.54) is 16.3 Å². The molecule has 1 saturated carbocycles. The Hall–Kier alpha value is -2.40. The first kappa shape index (κ1) is 18.9. The van der Waals surface area contributed by atoms with Crippen LogP contribution in [0, 0.1) is 5.92 Å². The van der Waals surface area contributed by atoms with Gasteiger partial charge in [0.15, 0.2) is 0 Å². The van der Waals surface area contributed by atoms with Gasteiger partial charge in [0.25, 0.3) is 0 Å². The highest BCUT2D eigenvalue weighted by Gasteiger charge is 2.46. The molecule has 0 aromatic heterocycles. The van der Waals surface area contributed by atoms with Crippen molar-refractivity contribution in [2.24, 2.45) is 5.92 Å². The zero-order chi connectivity index (χ0) is 19.7. The monoisotopic (exact) mass is 380 g/mol. The summed E-state index contributed by atoms with van der Waals surface area (Å²) in [4.78, 5) is 27.9. The number of fused-ring (bicyclic) bond motifs is 1. The van der Waals surface area contributed by atoms with Gasteiger partial charge in [-0.1, -0.05) is 42.5 Å². The minimum atomic E-state index is -0.795. The van der Waals surface area contributed by atoms with E-state index in [0.29, 0.717) is 5.92 Å². The average molecular weight is 380 g/mol. The van der Waals surface area contributed by atoms with Gasteiger partial charge in [-0.2, -0.15) is 0 Å². The second-order valence-corrected chi connectivity index (χ2v) is 8.27. The molecule has 2 aliphatic rings. The Morgan fingerprint density at radius 3 is 2.68 bits per heavy atom. The lowest BCUT2D eigenvalue weighted by Gasteiger charge is -2.25. The van der Waals surface area contributed by atoms with Crippen molar-refractivity contribution in [3.05, 3.63) is 48.0 Å². The molecule has 2 aromatic carbocycles. The molecule has 0 bridgehead atoms. The number of rotatable bonds is 5. The number of carboxylic acids is 1. The van der Waals surface area contributed by atoms with E-state index in [1.807, 2.05) is 22.9 Å². The van der Waals surface area contributed by atoms with Gasteiger partial charge in [-0.3, -0.25) is 14.5 Å². The van der Waals surface area contributed by atoms with Crippen molar-refractivity contribution >= 4 is 22.6 Å². The summed E-state index contributed by atoms with van der Waals surface area (Å²) in [5.74, 6) is -0.0733. The van der Waals surface area contributed by atoms with Crippen LogP contribution in [0.15, 0.2) is 42.5 Å². The van der Waals surface area contributed by atoms with Crippen LogP contribution in [-0.2, 0) is 9.59 Å². The first-order valence-corrected chi connectivity index (χ1v) is 10.2. The van der Waals surface area contributed by atoms with E-state index in [1.54, 1.807) is 0 Å². The molecule has 0 radical (unpaired) electrons. The Morgan fingerprint density at radius 2 is 1.89 bits per heavy atom. The maximum Gasteiger partial charge on any atom is 0.317 e. The van der Waals surface area contributed by atoms with Gasteiger partial charge in [0.05, 0.1) is 6.54 Å². The number of likely N-dealkylation sites (N-methyl/N-ethyl adjacent to an activating group) is 1. The number of nitrogens with zero attached hydrogens (tertiary/aromatic N) is 2. The second-order valence-electron chi connectivity index (χ2n) is 8.27. The summed E-state index contributed by atoms with van der Waals surface area (Å²) in [5, 5.41) is 11.5. The molecule has 5 heteroatoms. The molecule has 1 aliphatic heterocycles. The Balaban J connectivity index is 1.37. The summed E-state index contributed by atoms with van der Waals surface area (Å²) in [7, 11) is 1.87. The van der Waals surface area contributed by atoms with Crippen LogP contribution in [0.2, 0.25) is 0 Å². The van der Waals surface area contributed by atoms with Gasteiger partial charge in [0.1, 0.15) is 0 Å². The molecule has 1 saturated heterocycles. The van der Waals surface area contributed by atoms with Crippen LogP contribution >= 0.6 is 0 Å². The van der Waals surface area contributed by atoms with Gasteiger partial charge < -0.3 is 10.0 Å². The van der Waals surface area contributed by atoms with Crippen molar-refractivity contribution in [1.82, 2.24) is 9.80 Å². The predicted octanol–water partition coefficient (Wildman–Crippen LogP) is 3.34. The highest BCUT2D eigenvalue weighted by Crippen LogP contribution is 2.49. The van der Waals surface area contributed by atoms with E-state index in [4.69, 9.17) is 5.11 Å². The summed E-state index contributed by atoms with van der Waals surface area (Å²) < 4.78 is 0. The number of carbonyl (C=O) groups excluding carboxylic acids is 1. The van der Waals surface area contributed by atoms with Gasteiger partial charge in [0, 0.05) is 25.0 Å². The van der Waals surface area contributed by atoms with Crippen molar-refractivity contribution in [1.29, 1.82) is 0 Å². The van der Waals surface area contributed by atoms with E-state index in [-0.39, 0.29) is 24.4 Å². The third-order valence-corrected chi connectivity index (χ3v) is 6.33. The molecular weight excluding hydrogens is 352 g/mol. The summed E-state index contributed by atoms with van der Waals surface area (Å²) >= 11 is 0. The molecule has 0 spiro atoms. The summed E-state index contributed by atoms with van der Waals surface area (Å²) in [6, 6.07) is 15.1. The third-order valence-electron chi connectivity index (χ3n) is 6.33. The first-order valence-electron chi connectivity index (χ1n) is 10.2. The zero-order valence-corrected chi connectivity index (χ0v) is 16.4. The van der Waals surface area contributed by atoms with Gasteiger partial charge >= 0.3 is 5.97 Å². The van der Waals surface area contributed by atoms with Crippen LogP contribution in [0.5, 0.6) is 0 Å². The Labute approximate surface area is 165 Å².